The van der Waals surface area contributed by atoms with E-state index in [4.69, 9.17) is 0 Å². The molecular weight excluding hydrogens is 570 g/mol. The molecule has 0 atom stereocenters. The van der Waals surface area contributed by atoms with Crippen molar-refractivity contribution in [3.05, 3.63) is 155 Å². The van der Waals surface area contributed by atoms with Gasteiger partial charge < -0.3 is 15.0 Å². The van der Waals surface area contributed by atoms with Crippen LogP contribution >= 0.6 is 0 Å². The number of carboxylic acids is 1. The monoisotopic (exact) mass is 598 g/mol. The molecule has 0 aliphatic heterocycles. The highest BCUT2D eigenvalue weighted by Crippen LogP contribution is 2.46. The highest BCUT2D eigenvalue weighted by Gasteiger charge is 2.46. The Morgan fingerprint density at radius 2 is 1.42 bits per heavy atom. The van der Waals surface area contributed by atoms with Crippen molar-refractivity contribution in [1.82, 2.24) is 9.88 Å². The van der Waals surface area contributed by atoms with E-state index in [0.717, 1.165) is 33.7 Å². The summed E-state index contributed by atoms with van der Waals surface area (Å²) in [6, 6.07) is 33.7. The smallest absolute Gasteiger partial charge is 0.335 e. The van der Waals surface area contributed by atoms with Gasteiger partial charge in [0.25, 0.3) is 5.91 Å². The van der Waals surface area contributed by atoms with Gasteiger partial charge in [0.1, 0.15) is 11.6 Å². The van der Waals surface area contributed by atoms with E-state index in [1.54, 1.807) is 18.2 Å². The first-order valence-electron chi connectivity index (χ1n) is 14.7. The molecule has 0 radical (unpaired) electrons. The van der Waals surface area contributed by atoms with E-state index in [9.17, 15) is 23.5 Å². The van der Waals surface area contributed by atoms with Gasteiger partial charge in [0, 0.05) is 24.2 Å². The summed E-state index contributed by atoms with van der Waals surface area (Å²) in [7, 11) is 0. The third-order valence-electron chi connectivity index (χ3n) is 8.48. The second kappa shape index (κ2) is 11.2. The predicted octanol–water partition coefficient (Wildman–Crippen LogP) is 8.42. The Hall–Kier alpha value is -5.56. The van der Waals surface area contributed by atoms with Crippen LogP contribution in [0.2, 0.25) is 0 Å². The number of aromatic carboxylic acids is 1. The fraction of sp³-hybridized carbons (Fsp3) is 0.105. The number of halogens is 2. The van der Waals surface area contributed by atoms with Crippen LogP contribution in [0.15, 0.2) is 121 Å². The SMILES string of the molecule is O=C(O)c1ccc(C2(NC(=O)c3cc(-c4cc(F)cc(F)c4)cc4ccn(Cc5cccc(-c6ccccc6)c5)c34)CC2)cc1. The molecule has 1 fully saturated rings. The number of carbonyl (C=O) groups excluding carboxylic acids is 1. The lowest BCUT2D eigenvalue weighted by Crippen LogP contribution is -2.35. The second-order valence-electron chi connectivity index (χ2n) is 11.5. The van der Waals surface area contributed by atoms with Gasteiger partial charge >= 0.3 is 5.97 Å². The highest BCUT2D eigenvalue weighted by atomic mass is 19.1. The number of carbonyl (C=O) groups is 2. The van der Waals surface area contributed by atoms with Crippen molar-refractivity contribution in [3.63, 3.8) is 0 Å². The Bertz CT molecular complexity index is 2060. The Kier molecular flexibility index (Phi) is 7.01. The number of hydrogen-bond acceptors (Lipinski definition) is 2. The minimum Gasteiger partial charge on any atom is -0.478 e. The van der Waals surface area contributed by atoms with E-state index in [0.29, 0.717) is 41.6 Å². The fourth-order valence-electron chi connectivity index (χ4n) is 6.05. The molecule has 0 saturated heterocycles. The number of nitrogens with zero attached hydrogens (tertiary/aromatic N) is 1. The van der Waals surface area contributed by atoms with Crippen molar-refractivity contribution in [2.75, 3.05) is 0 Å². The molecule has 0 bridgehead atoms. The van der Waals surface area contributed by atoms with E-state index in [1.807, 2.05) is 53.2 Å². The third kappa shape index (κ3) is 5.60. The third-order valence-corrected chi connectivity index (χ3v) is 8.48. The van der Waals surface area contributed by atoms with Gasteiger partial charge in [-0.1, -0.05) is 60.7 Å². The zero-order chi connectivity index (χ0) is 31.1. The van der Waals surface area contributed by atoms with Crippen LogP contribution in [0.25, 0.3) is 33.2 Å². The van der Waals surface area contributed by atoms with Crippen molar-refractivity contribution in [1.29, 1.82) is 0 Å². The Balaban J connectivity index is 1.29. The molecule has 45 heavy (non-hydrogen) atoms. The molecule has 2 N–H and O–H groups in total. The summed E-state index contributed by atoms with van der Waals surface area (Å²) >= 11 is 0. The number of nitrogens with one attached hydrogen (secondary N) is 1. The lowest BCUT2D eigenvalue weighted by molar-refractivity contribution is 0.0696. The number of carboxylic acid groups (broad SMARTS) is 1. The summed E-state index contributed by atoms with van der Waals surface area (Å²) in [5.41, 5.74) is 5.55. The van der Waals surface area contributed by atoms with Gasteiger partial charge in [-0.15, -0.1) is 0 Å². The van der Waals surface area contributed by atoms with Gasteiger partial charge in [-0.25, -0.2) is 13.6 Å². The van der Waals surface area contributed by atoms with E-state index in [-0.39, 0.29) is 11.5 Å². The molecule has 0 unspecified atom stereocenters. The normalized spacial score (nSPS) is 13.5. The van der Waals surface area contributed by atoms with Crippen molar-refractivity contribution >= 4 is 22.8 Å². The maximum atomic E-state index is 14.2. The summed E-state index contributed by atoms with van der Waals surface area (Å²) in [4.78, 5) is 25.5. The summed E-state index contributed by atoms with van der Waals surface area (Å²) in [5.74, 6) is -2.74. The number of aromatic nitrogens is 1. The molecule has 5 nitrogen and oxygen atoms in total. The molecule has 0 spiro atoms. The Labute approximate surface area is 258 Å². The summed E-state index contributed by atoms with van der Waals surface area (Å²) in [5, 5.41) is 13.3. The molecule has 222 valence electrons. The number of hydrogen-bond donors (Lipinski definition) is 2. The van der Waals surface area contributed by atoms with Gasteiger partial charge in [0.05, 0.1) is 22.2 Å². The minimum absolute atomic E-state index is 0.173. The van der Waals surface area contributed by atoms with Gasteiger partial charge in [-0.05, 0) is 94.8 Å². The Morgan fingerprint density at radius 1 is 0.733 bits per heavy atom. The van der Waals surface area contributed by atoms with E-state index in [2.05, 4.69) is 29.6 Å². The summed E-state index contributed by atoms with van der Waals surface area (Å²) < 4.78 is 30.5. The van der Waals surface area contributed by atoms with Gasteiger partial charge in [0.15, 0.2) is 0 Å². The zero-order valence-corrected chi connectivity index (χ0v) is 24.1. The standard InChI is InChI=1S/C38H28F2N2O3/c39-32-19-30(20-33(40)22-32)29-18-28-13-16-42(23-24-5-4-8-27(17-24)25-6-2-1-3-7-25)35(28)34(21-29)36(43)41-38(14-15-38)31-11-9-26(10-12-31)37(44)45/h1-13,16-22H,14-15,23H2,(H,41,43)(H,44,45). The molecule has 1 amide bonds. The van der Waals surface area contributed by atoms with Gasteiger partial charge in [-0.3, -0.25) is 4.79 Å². The maximum absolute atomic E-state index is 14.2. The van der Waals surface area contributed by atoms with Gasteiger partial charge in [-0.2, -0.15) is 0 Å². The number of fused-ring (bicyclic) bond motifs is 1. The maximum Gasteiger partial charge on any atom is 0.335 e. The van der Waals surface area contributed by atoms with E-state index in [1.165, 1.54) is 24.3 Å². The van der Waals surface area contributed by atoms with Crippen LogP contribution in [-0.4, -0.2) is 21.6 Å². The quantitative estimate of drug-likeness (QED) is 0.185. The minimum atomic E-state index is -1.02. The molecule has 5 aromatic carbocycles. The Morgan fingerprint density at radius 3 is 2.11 bits per heavy atom. The lowest BCUT2D eigenvalue weighted by Gasteiger charge is -2.20. The second-order valence-corrected chi connectivity index (χ2v) is 11.5. The van der Waals surface area contributed by atoms with Crippen LogP contribution in [0.3, 0.4) is 0 Å². The van der Waals surface area contributed by atoms with Crippen LogP contribution < -0.4 is 5.32 Å². The van der Waals surface area contributed by atoms with E-state index < -0.39 is 23.1 Å². The molecule has 7 heteroatoms. The lowest BCUT2D eigenvalue weighted by atomic mass is 9.98. The molecule has 1 aliphatic carbocycles. The molecule has 7 rings (SSSR count). The summed E-state index contributed by atoms with van der Waals surface area (Å²) in [6.07, 6.45) is 3.33. The van der Waals surface area contributed by atoms with Crippen LogP contribution in [0.5, 0.6) is 0 Å². The molecule has 1 aromatic heterocycles. The van der Waals surface area contributed by atoms with Crippen LogP contribution in [0.4, 0.5) is 8.78 Å². The zero-order valence-electron chi connectivity index (χ0n) is 24.1. The first-order chi connectivity index (χ1) is 21.8. The van der Waals surface area contributed by atoms with Crippen molar-refractivity contribution < 1.29 is 23.5 Å². The van der Waals surface area contributed by atoms with Crippen LogP contribution in [-0.2, 0) is 12.1 Å². The molecule has 1 saturated carbocycles. The fourth-order valence-corrected chi connectivity index (χ4v) is 6.05. The van der Waals surface area contributed by atoms with E-state index >= 15 is 0 Å². The van der Waals surface area contributed by atoms with Crippen LogP contribution in [0.1, 0.15) is 44.7 Å². The van der Waals surface area contributed by atoms with Gasteiger partial charge in [0.2, 0.25) is 0 Å². The number of amides is 1. The molecular formula is C38H28F2N2O3. The molecule has 1 heterocycles. The van der Waals surface area contributed by atoms with Crippen LogP contribution in [0, 0.1) is 11.6 Å². The highest BCUT2D eigenvalue weighted by molar-refractivity contribution is 6.08. The topological polar surface area (TPSA) is 71.3 Å². The first kappa shape index (κ1) is 28.2. The van der Waals surface area contributed by atoms with Crippen molar-refractivity contribution in [3.8, 4) is 22.3 Å². The summed E-state index contributed by atoms with van der Waals surface area (Å²) in [6.45, 7) is 0.500. The molecule has 1 aliphatic rings. The first-order valence-corrected chi connectivity index (χ1v) is 14.7. The number of benzene rings is 5. The van der Waals surface area contributed by atoms with Crippen molar-refractivity contribution in [2.24, 2.45) is 0 Å². The predicted molar refractivity (Wildman–Crippen MR) is 170 cm³/mol. The molecule has 6 aromatic rings. The van der Waals surface area contributed by atoms with Crippen molar-refractivity contribution in [2.45, 2.75) is 24.9 Å². The largest absolute Gasteiger partial charge is 0.478 e. The average molecular weight is 599 g/mol. The average Bonchev–Trinajstić information content (AvgIpc) is 3.72. The number of rotatable bonds is 8.